The van der Waals surface area contributed by atoms with Gasteiger partial charge in [-0.15, -0.1) is 0 Å². The lowest BCUT2D eigenvalue weighted by Crippen LogP contribution is -2.49. The molecule has 8 nitrogen and oxygen atoms in total. The van der Waals surface area contributed by atoms with Crippen molar-refractivity contribution >= 4 is 38.8 Å². The van der Waals surface area contributed by atoms with E-state index in [2.05, 4.69) is 26.8 Å². The van der Waals surface area contributed by atoms with E-state index >= 15 is 0 Å². The van der Waals surface area contributed by atoms with Crippen LogP contribution in [0, 0.1) is 0 Å². The number of fused-ring (bicyclic) bond motifs is 1. The van der Waals surface area contributed by atoms with Crippen LogP contribution in [0.3, 0.4) is 0 Å². The highest BCUT2D eigenvalue weighted by Gasteiger charge is 2.22. The number of halogens is 1. The van der Waals surface area contributed by atoms with Crippen LogP contribution in [0.4, 0.5) is 0 Å². The Labute approximate surface area is 215 Å². The highest BCUT2D eigenvalue weighted by atomic mass is 79.9. The van der Waals surface area contributed by atoms with Crippen molar-refractivity contribution in [3.8, 4) is 5.75 Å². The minimum absolute atomic E-state index is 0.203. The largest absolute Gasteiger partial charge is 0.488 e. The summed E-state index contributed by atoms with van der Waals surface area (Å²) in [5, 5.41) is 0.232. The Balaban J connectivity index is 1.49. The molecule has 4 rings (SSSR count). The molecule has 0 fully saturated rings. The predicted molar refractivity (Wildman–Crippen MR) is 138 cm³/mol. The molecule has 1 amide bonds. The molecule has 0 aliphatic rings. The fourth-order valence-corrected chi connectivity index (χ4v) is 3.82. The lowest BCUT2D eigenvalue weighted by Gasteiger charge is -2.17. The minimum atomic E-state index is -0.841. The van der Waals surface area contributed by atoms with Crippen molar-refractivity contribution < 1.29 is 23.5 Å². The lowest BCUT2D eigenvalue weighted by atomic mass is 10.1. The first-order valence-corrected chi connectivity index (χ1v) is 11.9. The molecule has 0 aliphatic heterocycles. The van der Waals surface area contributed by atoms with E-state index < -0.39 is 23.3 Å². The molecule has 4 aromatic rings. The number of hydrogen-bond donors (Lipinski definition) is 2. The molecule has 0 unspecified atom stereocenters. The Bertz CT molecular complexity index is 1420. The molecule has 0 radical (unpaired) electrons. The van der Waals surface area contributed by atoms with Crippen LogP contribution in [0.1, 0.15) is 21.7 Å². The third-order valence-corrected chi connectivity index (χ3v) is 5.90. The van der Waals surface area contributed by atoms with Crippen molar-refractivity contribution in [3.05, 3.63) is 110 Å². The number of amides is 1. The van der Waals surface area contributed by atoms with E-state index in [4.69, 9.17) is 13.9 Å². The summed E-state index contributed by atoms with van der Waals surface area (Å²) in [7, 11) is 1.27. The molecule has 9 heteroatoms. The third-order valence-electron chi connectivity index (χ3n) is 5.38. The monoisotopic (exact) mass is 550 g/mol. The molecular weight excluding hydrogens is 528 g/mol. The number of nitrogens with one attached hydrogen (secondary N) is 2. The fraction of sp³-hybridized carbons (Fsp3) is 0.148. The fourth-order valence-electron chi connectivity index (χ4n) is 3.55. The number of hydrogen-bond acceptors (Lipinski definition) is 7. The first-order chi connectivity index (χ1) is 17.4. The maximum atomic E-state index is 12.9. The van der Waals surface area contributed by atoms with Crippen molar-refractivity contribution in [1.29, 1.82) is 0 Å². The van der Waals surface area contributed by atoms with Crippen LogP contribution < -0.4 is 21.0 Å². The first kappa shape index (κ1) is 25.2. The Morgan fingerprint density at radius 3 is 2.44 bits per heavy atom. The summed E-state index contributed by atoms with van der Waals surface area (Å²) < 4.78 is 17.3. The quantitative estimate of drug-likeness (QED) is 0.238. The Kier molecular flexibility index (Phi) is 8.14. The van der Waals surface area contributed by atoms with Gasteiger partial charge in [-0.05, 0) is 35.4 Å². The smallest absolute Gasteiger partial charge is 0.325 e. The van der Waals surface area contributed by atoms with Gasteiger partial charge in [-0.1, -0.05) is 64.5 Å². The summed E-state index contributed by atoms with van der Waals surface area (Å²) in [5.74, 6) is -1.12. The molecule has 0 bridgehead atoms. The SMILES string of the molecule is COC(=O)[C@H](Cc1ccccc1)NNC(=O)c1cc(=O)c2c(OCc3ccc(Br)cc3)cccc2o1. The van der Waals surface area contributed by atoms with Gasteiger partial charge in [-0.2, -0.15) is 0 Å². The van der Waals surface area contributed by atoms with Crippen molar-refractivity contribution in [2.24, 2.45) is 0 Å². The van der Waals surface area contributed by atoms with Crippen molar-refractivity contribution in [2.45, 2.75) is 19.1 Å². The summed E-state index contributed by atoms with van der Waals surface area (Å²) in [5.41, 5.74) is 6.69. The van der Waals surface area contributed by atoms with Gasteiger partial charge in [0.25, 0.3) is 0 Å². The topological polar surface area (TPSA) is 107 Å². The molecule has 0 spiro atoms. The van der Waals surface area contributed by atoms with Crippen LogP contribution in [0.5, 0.6) is 5.75 Å². The second-order valence-electron chi connectivity index (χ2n) is 7.88. The van der Waals surface area contributed by atoms with Gasteiger partial charge in [0.1, 0.15) is 29.4 Å². The van der Waals surface area contributed by atoms with Crippen LogP contribution in [-0.4, -0.2) is 25.0 Å². The van der Waals surface area contributed by atoms with Gasteiger partial charge >= 0.3 is 11.9 Å². The van der Waals surface area contributed by atoms with Crippen LogP contribution in [0.15, 0.2) is 92.5 Å². The first-order valence-electron chi connectivity index (χ1n) is 11.1. The van der Waals surface area contributed by atoms with E-state index in [0.29, 0.717) is 5.75 Å². The van der Waals surface area contributed by atoms with E-state index in [1.165, 1.54) is 7.11 Å². The van der Waals surface area contributed by atoms with Crippen LogP contribution >= 0.6 is 15.9 Å². The zero-order chi connectivity index (χ0) is 25.5. The van der Waals surface area contributed by atoms with E-state index in [9.17, 15) is 14.4 Å². The standard InChI is InChI=1S/C27H23BrN2O6/c1-34-27(33)20(14-17-6-3-2-4-7-17)29-30-26(32)24-15-21(31)25-22(8-5-9-23(25)36-24)35-16-18-10-12-19(28)13-11-18/h2-13,15,20,29H,14,16H2,1H3,(H,30,32)/t20-/m0/s1. The number of carbonyl (C=O) groups is 2. The molecule has 1 heterocycles. The number of methoxy groups -OCH3 is 1. The second kappa shape index (κ2) is 11.7. The second-order valence-corrected chi connectivity index (χ2v) is 8.80. The van der Waals surface area contributed by atoms with Gasteiger partial charge in [0.15, 0.2) is 11.2 Å². The number of esters is 1. The minimum Gasteiger partial charge on any atom is -0.488 e. The van der Waals surface area contributed by atoms with Gasteiger partial charge in [-0.25, -0.2) is 5.43 Å². The molecule has 0 aliphatic carbocycles. The van der Waals surface area contributed by atoms with Gasteiger partial charge in [0.05, 0.1) is 7.11 Å². The van der Waals surface area contributed by atoms with Crippen molar-refractivity contribution in [2.75, 3.05) is 7.11 Å². The maximum Gasteiger partial charge on any atom is 0.325 e. The van der Waals surface area contributed by atoms with Gasteiger partial charge in [-0.3, -0.25) is 19.8 Å². The molecule has 1 atom stereocenters. The van der Waals surface area contributed by atoms with E-state index in [1.807, 2.05) is 54.6 Å². The lowest BCUT2D eigenvalue weighted by molar-refractivity contribution is -0.143. The van der Waals surface area contributed by atoms with Crippen LogP contribution in [-0.2, 0) is 22.6 Å². The van der Waals surface area contributed by atoms with E-state index in [1.54, 1.807) is 18.2 Å². The summed E-state index contributed by atoms with van der Waals surface area (Å²) >= 11 is 3.39. The van der Waals surface area contributed by atoms with Crippen LogP contribution in [0.25, 0.3) is 11.0 Å². The molecular formula is C27H23BrN2O6. The highest BCUT2D eigenvalue weighted by Crippen LogP contribution is 2.24. The number of ether oxygens (including phenoxy) is 2. The number of rotatable bonds is 9. The Hall–Kier alpha value is -3.95. The van der Waals surface area contributed by atoms with Crippen molar-refractivity contribution in [1.82, 2.24) is 10.9 Å². The number of carbonyl (C=O) groups excluding carboxylic acids is 2. The molecule has 3 aromatic carbocycles. The normalized spacial score (nSPS) is 11.6. The molecule has 0 saturated carbocycles. The average Bonchev–Trinajstić information content (AvgIpc) is 2.90. The number of hydrazine groups is 1. The van der Waals surface area contributed by atoms with Crippen molar-refractivity contribution in [3.63, 3.8) is 0 Å². The summed E-state index contributed by atoms with van der Waals surface area (Å²) in [6, 6.07) is 22.1. The van der Waals surface area contributed by atoms with Gasteiger partial charge in [0.2, 0.25) is 0 Å². The van der Waals surface area contributed by atoms with Gasteiger partial charge in [0, 0.05) is 17.0 Å². The van der Waals surface area contributed by atoms with Crippen LogP contribution in [0.2, 0.25) is 0 Å². The van der Waals surface area contributed by atoms with Gasteiger partial charge < -0.3 is 13.9 Å². The predicted octanol–water partition coefficient (Wildman–Crippen LogP) is 4.15. The zero-order valence-electron chi connectivity index (χ0n) is 19.3. The average molecular weight is 551 g/mol. The summed E-state index contributed by atoms with van der Waals surface area (Å²) in [6.07, 6.45) is 0.286. The number of benzene rings is 3. The summed E-state index contributed by atoms with van der Waals surface area (Å²) in [6.45, 7) is 0.258. The molecule has 2 N–H and O–H groups in total. The molecule has 0 saturated heterocycles. The summed E-state index contributed by atoms with van der Waals surface area (Å²) in [4.78, 5) is 37.8. The Morgan fingerprint density at radius 2 is 1.72 bits per heavy atom. The molecule has 184 valence electrons. The zero-order valence-corrected chi connectivity index (χ0v) is 20.9. The third kappa shape index (κ3) is 6.18. The van der Waals surface area contributed by atoms with E-state index in [0.717, 1.165) is 21.7 Å². The maximum absolute atomic E-state index is 12.9. The molecule has 1 aromatic heterocycles. The highest BCUT2D eigenvalue weighted by molar-refractivity contribution is 9.10. The molecule has 36 heavy (non-hydrogen) atoms. The van der Waals surface area contributed by atoms with E-state index in [-0.39, 0.29) is 29.8 Å². The Morgan fingerprint density at radius 1 is 0.972 bits per heavy atom.